The lowest BCUT2D eigenvalue weighted by molar-refractivity contribution is -0.131. The maximum atomic E-state index is 12.0. The fraction of sp³-hybridized carbons (Fsp3) is 0.923. The molecule has 1 aliphatic rings. The van der Waals surface area contributed by atoms with Gasteiger partial charge >= 0.3 is 0 Å². The Balaban J connectivity index is 2.34. The van der Waals surface area contributed by atoms with Gasteiger partial charge < -0.3 is 10.2 Å². The Labute approximate surface area is 99.6 Å². The van der Waals surface area contributed by atoms with E-state index in [1.54, 1.807) is 0 Å². The molecule has 1 saturated carbocycles. The van der Waals surface area contributed by atoms with Crippen LogP contribution in [-0.2, 0) is 4.79 Å². The smallest absolute Gasteiger partial charge is 0.236 e. The maximum absolute atomic E-state index is 12.0. The molecule has 1 aliphatic carbocycles. The number of hydrogen-bond acceptors (Lipinski definition) is 2. The number of hydrogen-bond donors (Lipinski definition) is 1. The van der Waals surface area contributed by atoms with Crippen LogP contribution in [0.25, 0.3) is 0 Å². The van der Waals surface area contributed by atoms with E-state index in [9.17, 15) is 4.79 Å². The first-order chi connectivity index (χ1) is 7.49. The normalized spacial score (nSPS) is 15.9. The Morgan fingerprint density at radius 3 is 2.06 bits per heavy atom. The van der Waals surface area contributed by atoms with Gasteiger partial charge in [-0.3, -0.25) is 4.79 Å². The maximum Gasteiger partial charge on any atom is 0.236 e. The minimum atomic E-state index is 0.259. The molecule has 1 N–H and O–H groups in total. The van der Waals surface area contributed by atoms with Gasteiger partial charge in [-0.05, 0) is 24.7 Å². The van der Waals surface area contributed by atoms with Crippen LogP contribution in [0, 0.1) is 11.8 Å². The van der Waals surface area contributed by atoms with Crippen LogP contribution in [0.5, 0.6) is 0 Å². The average Bonchev–Trinajstić information content (AvgIpc) is 2.95. The Bertz CT molecular complexity index is 212. The lowest BCUT2D eigenvalue weighted by atomic mass is 10.1. The molecule has 0 bridgehead atoms. The van der Waals surface area contributed by atoms with Crippen molar-refractivity contribution >= 4 is 5.91 Å². The van der Waals surface area contributed by atoms with E-state index in [1.807, 2.05) is 4.90 Å². The first-order valence-corrected chi connectivity index (χ1v) is 6.50. The summed E-state index contributed by atoms with van der Waals surface area (Å²) in [7, 11) is 0. The number of amides is 1. The fourth-order valence-corrected chi connectivity index (χ4v) is 1.79. The van der Waals surface area contributed by atoms with E-state index in [2.05, 4.69) is 33.0 Å². The topological polar surface area (TPSA) is 32.3 Å². The van der Waals surface area contributed by atoms with Crippen molar-refractivity contribution in [1.29, 1.82) is 0 Å². The number of carbonyl (C=O) groups excluding carboxylic acids is 1. The number of nitrogens with zero attached hydrogens (tertiary/aromatic N) is 1. The van der Waals surface area contributed by atoms with Gasteiger partial charge in [-0.15, -0.1) is 0 Å². The molecule has 0 radical (unpaired) electrons. The summed E-state index contributed by atoms with van der Waals surface area (Å²) < 4.78 is 0. The molecule has 3 nitrogen and oxygen atoms in total. The standard InChI is InChI=1S/C13H26N2O/c1-10(2)8-15(9-11(3)4)13(16)7-14-12-5-6-12/h10-12,14H,5-9H2,1-4H3. The quantitative estimate of drug-likeness (QED) is 0.719. The van der Waals surface area contributed by atoms with Crippen LogP contribution < -0.4 is 5.32 Å². The van der Waals surface area contributed by atoms with Crippen LogP contribution in [0.2, 0.25) is 0 Å². The monoisotopic (exact) mass is 226 g/mol. The van der Waals surface area contributed by atoms with Gasteiger partial charge in [0.15, 0.2) is 0 Å². The van der Waals surface area contributed by atoms with Crippen LogP contribution >= 0.6 is 0 Å². The molecule has 0 saturated heterocycles. The van der Waals surface area contributed by atoms with Gasteiger partial charge in [-0.1, -0.05) is 27.7 Å². The molecule has 94 valence electrons. The zero-order valence-corrected chi connectivity index (χ0v) is 11.1. The third-order valence-electron chi connectivity index (χ3n) is 2.64. The summed E-state index contributed by atoms with van der Waals surface area (Å²) >= 11 is 0. The lowest BCUT2D eigenvalue weighted by Gasteiger charge is -2.26. The zero-order valence-electron chi connectivity index (χ0n) is 11.1. The Morgan fingerprint density at radius 1 is 1.19 bits per heavy atom. The minimum absolute atomic E-state index is 0.259. The predicted molar refractivity (Wildman–Crippen MR) is 67.3 cm³/mol. The predicted octanol–water partition coefficient (Wildman–Crippen LogP) is 1.88. The van der Waals surface area contributed by atoms with Crippen molar-refractivity contribution in [1.82, 2.24) is 10.2 Å². The van der Waals surface area contributed by atoms with Crippen LogP contribution in [-0.4, -0.2) is 36.5 Å². The number of nitrogens with one attached hydrogen (secondary N) is 1. The molecular weight excluding hydrogens is 200 g/mol. The van der Waals surface area contributed by atoms with Gasteiger partial charge in [0.25, 0.3) is 0 Å². The number of rotatable bonds is 7. The first kappa shape index (κ1) is 13.5. The molecule has 16 heavy (non-hydrogen) atoms. The molecule has 1 rings (SSSR count). The van der Waals surface area contributed by atoms with Gasteiger partial charge in [-0.25, -0.2) is 0 Å². The van der Waals surface area contributed by atoms with Crippen molar-refractivity contribution in [3.63, 3.8) is 0 Å². The van der Waals surface area contributed by atoms with Crippen molar-refractivity contribution in [2.24, 2.45) is 11.8 Å². The first-order valence-electron chi connectivity index (χ1n) is 6.50. The van der Waals surface area contributed by atoms with Gasteiger partial charge in [0, 0.05) is 19.1 Å². The molecule has 0 heterocycles. The summed E-state index contributed by atoms with van der Waals surface area (Å²) in [5.41, 5.74) is 0. The van der Waals surface area contributed by atoms with E-state index in [0.717, 1.165) is 13.1 Å². The molecule has 1 amide bonds. The summed E-state index contributed by atoms with van der Waals surface area (Å²) in [4.78, 5) is 14.0. The summed E-state index contributed by atoms with van der Waals surface area (Å²) in [5, 5.41) is 3.29. The van der Waals surface area contributed by atoms with Crippen molar-refractivity contribution in [3.05, 3.63) is 0 Å². The highest BCUT2D eigenvalue weighted by Crippen LogP contribution is 2.18. The van der Waals surface area contributed by atoms with Crippen molar-refractivity contribution in [3.8, 4) is 0 Å². The molecule has 1 fully saturated rings. The van der Waals surface area contributed by atoms with E-state index in [4.69, 9.17) is 0 Å². The molecule has 0 aromatic carbocycles. The number of carbonyl (C=O) groups is 1. The summed E-state index contributed by atoms with van der Waals surface area (Å²) in [6, 6.07) is 0.615. The van der Waals surface area contributed by atoms with E-state index < -0.39 is 0 Å². The van der Waals surface area contributed by atoms with Crippen molar-refractivity contribution in [2.75, 3.05) is 19.6 Å². The fourth-order valence-electron chi connectivity index (χ4n) is 1.79. The summed E-state index contributed by atoms with van der Waals surface area (Å²) in [6.45, 7) is 10.9. The molecule has 0 aromatic heterocycles. The van der Waals surface area contributed by atoms with Crippen molar-refractivity contribution < 1.29 is 4.79 Å². The van der Waals surface area contributed by atoms with Crippen molar-refractivity contribution in [2.45, 2.75) is 46.6 Å². The Morgan fingerprint density at radius 2 is 1.69 bits per heavy atom. The molecule has 0 unspecified atom stereocenters. The second kappa shape index (κ2) is 6.24. The van der Waals surface area contributed by atoms with E-state index in [1.165, 1.54) is 12.8 Å². The highest BCUT2D eigenvalue weighted by molar-refractivity contribution is 5.78. The van der Waals surface area contributed by atoms with E-state index >= 15 is 0 Å². The molecule has 0 aromatic rings. The summed E-state index contributed by atoms with van der Waals surface area (Å²) in [5.74, 6) is 1.35. The zero-order chi connectivity index (χ0) is 12.1. The second-order valence-electron chi connectivity index (χ2n) is 5.74. The average molecular weight is 226 g/mol. The highest BCUT2D eigenvalue weighted by Gasteiger charge is 2.23. The van der Waals surface area contributed by atoms with Crippen LogP contribution in [0.15, 0.2) is 0 Å². The molecule has 3 heteroatoms. The summed E-state index contributed by atoms with van der Waals surface area (Å²) in [6.07, 6.45) is 2.48. The third kappa shape index (κ3) is 5.50. The Kier molecular flexibility index (Phi) is 5.26. The Hall–Kier alpha value is -0.570. The molecule has 0 spiro atoms. The third-order valence-corrected chi connectivity index (χ3v) is 2.64. The molecular formula is C13H26N2O. The molecule has 0 aliphatic heterocycles. The van der Waals surface area contributed by atoms with Crippen LogP contribution in [0.3, 0.4) is 0 Å². The van der Waals surface area contributed by atoms with Gasteiger partial charge in [0.1, 0.15) is 0 Å². The molecule has 0 atom stereocenters. The SMILES string of the molecule is CC(C)CN(CC(C)C)C(=O)CNC1CC1. The van der Waals surface area contributed by atoms with Gasteiger partial charge in [-0.2, -0.15) is 0 Å². The largest absolute Gasteiger partial charge is 0.341 e. The highest BCUT2D eigenvalue weighted by atomic mass is 16.2. The van der Waals surface area contributed by atoms with Gasteiger partial charge in [0.05, 0.1) is 6.54 Å². The van der Waals surface area contributed by atoms with E-state index in [0.29, 0.717) is 24.4 Å². The van der Waals surface area contributed by atoms with E-state index in [-0.39, 0.29) is 5.91 Å². The lowest BCUT2D eigenvalue weighted by Crippen LogP contribution is -2.42. The van der Waals surface area contributed by atoms with Gasteiger partial charge in [0.2, 0.25) is 5.91 Å². The minimum Gasteiger partial charge on any atom is -0.341 e. The second-order valence-corrected chi connectivity index (χ2v) is 5.74. The van der Waals surface area contributed by atoms with Crippen LogP contribution in [0.4, 0.5) is 0 Å². The van der Waals surface area contributed by atoms with Crippen LogP contribution in [0.1, 0.15) is 40.5 Å².